The summed E-state index contributed by atoms with van der Waals surface area (Å²) in [6.07, 6.45) is -24.9. The molecule has 0 aliphatic carbocycles. The summed E-state index contributed by atoms with van der Waals surface area (Å²) >= 11 is 14.7. The monoisotopic (exact) mass is 1890 g/mol. The number of hydrogen-bond donors (Lipinski definition) is 24. The van der Waals surface area contributed by atoms with E-state index in [4.69, 9.17) is 71.6 Å². The fourth-order valence-corrected chi connectivity index (χ4v) is 17.1. The predicted octanol–water partition coefficient (Wildman–Crippen LogP) is 1.41. The highest BCUT2D eigenvalue weighted by atomic mass is 35.5. The highest BCUT2D eigenvalue weighted by Gasteiger charge is 2.52. The van der Waals surface area contributed by atoms with Gasteiger partial charge in [-0.25, -0.2) is 4.79 Å². The Kier molecular flexibility index (Phi) is 30.0. The van der Waals surface area contributed by atoms with E-state index in [1.807, 2.05) is 0 Å². The molecule has 42 nitrogen and oxygen atoms in total. The molecular weight excluding hydrogens is 1790 g/mol. The first-order chi connectivity index (χ1) is 63.4. The number of benzene rings is 7. The van der Waals surface area contributed by atoms with Crippen LogP contribution < -0.4 is 72.0 Å². The van der Waals surface area contributed by atoms with Crippen LogP contribution in [0.15, 0.2) is 115 Å². The number of nitrogens with one attached hydrogen (secondary N) is 8. The number of halogens is 2. The Hall–Kier alpha value is -12.0. The van der Waals surface area contributed by atoms with Gasteiger partial charge in [-0.05, 0) is 125 Å². The standard InChI is InChI=1S/C89H99Cl2N9O33/c1-34(2)9-7-5-4-6-8-10-61(109)95-69-75(114)72(111)59(32-102)130-88(69)133-79-56-26-41-27-57(79)127-53-18-14-39(24-48(53)91)78(132-87-68(93-35(3)104)74(113)71(110)58(31-101)129-87)70-85(122)99-67(86(123)124)46-29-43(106)30-55(128-89-77(116)76(115)73(112)60(33-103)131-89)62(46)45-23-38(13-15-50(45)107)64(82(119)100-70)97-84(121)66(41)98-83(120)65-40-21-42(105)28-44(22-40)125-54-25-37(12-16-51(54)108)63(92)81(118)94-49(80(117)96-65)20-36-11-17-52(126-56)47(90)19-36/h11-19,21-30,34,49,58-60,63-78,87-89,101-103,105-108,110-116H,4-10,20,31-33,92H2,1-3H3,(H,93,104)(H,94,118)(H,95,109)(H,96,117)(H,97,121)(H,98,120)(H,99,122)(H,100,119)(H,123,124)/t49-,58-,59-,60-,63+,64-,65+,66-,67+,68-,69-,70+,71-,72-,73-,74-,75-,76+,77+,78-,87+,88+,89+/m1/s1. The van der Waals surface area contributed by atoms with Gasteiger partial charge in [-0.1, -0.05) is 93.4 Å². The molecule has 3 saturated heterocycles. The smallest absolute Gasteiger partial charge is 0.330 e. The maximum absolute atomic E-state index is 17.0. The molecule has 17 bridgehead atoms. The van der Waals surface area contributed by atoms with Crippen LogP contribution in [0.3, 0.4) is 0 Å². The number of carbonyl (C=O) groups excluding carboxylic acids is 8. The number of carbonyl (C=O) groups is 9. The van der Waals surface area contributed by atoms with Gasteiger partial charge in [-0.3, -0.25) is 38.4 Å². The van der Waals surface area contributed by atoms with Crippen molar-refractivity contribution < 1.29 is 162 Å². The van der Waals surface area contributed by atoms with E-state index in [1.165, 1.54) is 30.3 Å². The Morgan fingerprint density at radius 3 is 1.68 bits per heavy atom. The van der Waals surface area contributed by atoms with Gasteiger partial charge >= 0.3 is 5.97 Å². The highest BCUT2D eigenvalue weighted by Crippen LogP contribution is 2.51. The number of phenols is 4. The number of rotatable bonds is 20. The van der Waals surface area contributed by atoms with E-state index >= 15 is 24.0 Å². The third kappa shape index (κ3) is 21.3. The normalized spacial score (nSPS) is 28.8. The average molecular weight is 1890 g/mol. The fraction of sp³-hybridized carbons (Fsp3) is 0.427. The molecule has 44 heteroatoms. The molecule has 7 aromatic rings. The van der Waals surface area contributed by atoms with Crippen LogP contribution in [0.4, 0.5) is 0 Å². The van der Waals surface area contributed by atoms with Crippen molar-refractivity contribution in [3.05, 3.63) is 164 Å². The van der Waals surface area contributed by atoms with Crippen molar-refractivity contribution in [1.29, 1.82) is 0 Å². The van der Waals surface area contributed by atoms with Gasteiger partial charge in [-0.2, -0.15) is 0 Å². The zero-order valence-corrected chi connectivity index (χ0v) is 72.5. The lowest BCUT2D eigenvalue weighted by Crippen LogP contribution is -2.65. The molecule has 8 amide bonds. The summed E-state index contributed by atoms with van der Waals surface area (Å²) in [5.74, 6) is -19.1. The molecule has 16 rings (SSSR count). The van der Waals surface area contributed by atoms with E-state index in [9.17, 15) is 95.8 Å². The molecule has 9 aliphatic heterocycles. The lowest BCUT2D eigenvalue weighted by Gasteiger charge is -2.44. The van der Waals surface area contributed by atoms with Crippen molar-refractivity contribution in [1.82, 2.24) is 42.5 Å². The summed E-state index contributed by atoms with van der Waals surface area (Å²) in [7, 11) is 0. The Morgan fingerprint density at radius 2 is 1.05 bits per heavy atom. The SMILES string of the molecule is CC(=O)N[C@H]1[C@H](O[C@@H]2c3ccc(c(Cl)c3)Oc3cc4cc(c3O[C@@H]3O[C@H](CO)[C@@H](O)[C@H](O)[C@H]3NC(=O)CCCCCCCC(C)C)Oc3ccc(cc3Cl)C[C@H]3NC(=O)[C@@H](N)c5ccc(O)c(c5)Oc5cc(O)cc(c5)[C@H](NC3=O)C(=O)N[C@H]4C(=O)N[C@H]3C(=O)N[C@@H]2C(=O)N[C@H](C(=O)O)c2cc(O)cc(O[C@H]4O[C@H](CO)[C@@H](O)[C@H](O)[C@@H]4O)c2-c2cc3ccc2O)O[C@H](CO)[C@@H](O)[C@@H]1O. The molecule has 7 aromatic carbocycles. The summed E-state index contributed by atoms with van der Waals surface area (Å²) < 4.78 is 57.5. The number of phenolic OH excluding ortho intramolecular Hbond substituents is 4. The number of nitrogens with two attached hydrogens (primary N) is 1. The molecular formula is C89H99Cl2N9O33. The minimum atomic E-state index is -2.59. The topological polar surface area (TPSA) is 662 Å². The van der Waals surface area contributed by atoms with Gasteiger partial charge in [0, 0.05) is 48.6 Å². The molecule has 3 fully saturated rings. The summed E-state index contributed by atoms with van der Waals surface area (Å²) in [4.78, 5) is 138. The van der Waals surface area contributed by atoms with Crippen molar-refractivity contribution >= 4 is 76.4 Å². The number of amides is 8. The molecule has 133 heavy (non-hydrogen) atoms. The van der Waals surface area contributed by atoms with Crippen molar-refractivity contribution in [3.63, 3.8) is 0 Å². The van der Waals surface area contributed by atoms with Crippen LogP contribution in [0, 0.1) is 5.92 Å². The number of hydrogen-bond acceptors (Lipinski definition) is 33. The van der Waals surface area contributed by atoms with E-state index in [2.05, 4.69) is 56.4 Å². The van der Waals surface area contributed by atoms with E-state index in [0.29, 0.717) is 18.8 Å². The molecule has 0 radical (unpaired) electrons. The van der Waals surface area contributed by atoms with E-state index in [1.54, 1.807) is 0 Å². The zero-order chi connectivity index (χ0) is 95.6. The number of unbranched alkanes of at least 4 members (excludes halogenated alkanes) is 4. The number of carboxylic acid groups (broad SMARTS) is 1. The quantitative estimate of drug-likeness (QED) is 0.0480. The number of ether oxygens (including phenoxy) is 9. The van der Waals surface area contributed by atoms with Crippen LogP contribution in [0.2, 0.25) is 10.0 Å². The minimum absolute atomic E-state index is 0.0270. The first-order valence-electron chi connectivity index (χ1n) is 42.5. The Bertz CT molecular complexity index is 5580. The number of aliphatic hydroxyl groups excluding tert-OH is 10. The molecule has 23 atom stereocenters. The van der Waals surface area contributed by atoms with Gasteiger partial charge in [0.25, 0.3) is 0 Å². The first-order valence-corrected chi connectivity index (χ1v) is 43.2. The number of aliphatic carboxylic acids is 1. The van der Waals surface area contributed by atoms with Crippen LogP contribution in [0.25, 0.3) is 11.1 Å². The van der Waals surface area contributed by atoms with Crippen molar-refractivity contribution in [2.24, 2.45) is 11.7 Å². The third-order valence-electron chi connectivity index (χ3n) is 23.6. The summed E-state index contributed by atoms with van der Waals surface area (Å²) in [5, 5.41) is 190. The lowest BCUT2D eigenvalue weighted by atomic mass is 9.89. The maximum Gasteiger partial charge on any atom is 0.330 e. The van der Waals surface area contributed by atoms with E-state index in [-0.39, 0.29) is 39.8 Å². The van der Waals surface area contributed by atoms with Crippen molar-refractivity contribution in [3.8, 4) is 80.1 Å². The number of fused-ring (bicyclic) bond motifs is 14. The van der Waals surface area contributed by atoms with Crippen LogP contribution in [0.5, 0.6) is 69.0 Å². The van der Waals surface area contributed by atoms with Crippen molar-refractivity contribution in [2.75, 3.05) is 19.8 Å². The van der Waals surface area contributed by atoms with Crippen LogP contribution in [0.1, 0.15) is 141 Å². The second-order valence-corrected chi connectivity index (χ2v) is 34.4. The molecule has 0 spiro atoms. The molecule has 0 saturated carbocycles. The minimum Gasteiger partial charge on any atom is -0.508 e. The van der Waals surface area contributed by atoms with Crippen molar-refractivity contribution in [2.45, 2.75) is 213 Å². The molecule has 712 valence electrons. The van der Waals surface area contributed by atoms with Crippen LogP contribution in [-0.2, 0) is 68.5 Å². The van der Waals surface area contributed by atoms with Crippen LogP contribution in [-0.4, -0.2) is 254 Å². The predicted molar refractivity (Wildman–Crippen MR) is 458 cm³/mol. The number of aromatic hydroxyl groups is 4. The van der Waals surface area contributed by atoms with Gasteiger partial charge in [0.2, 0.25) is 65.6 Å². The van der Waals surface area contributed by atoms with Gasteiger partial charge in [0.05, 0.1) is 29.9 Å². The van der Waals surface area contributed by atoms with Crippen LogP contribution >= 0.6 is 23.2 Å². The molecule has 0 unspecified atom stereocenters. The van der Waals surface area contributed by atoms with Gasteiger partial charge in [-0.15, -0.1) is 0 Å². The summed E-state index contributed by atoms with van der Waals surface area (Å²) in [5.41, 5.74) is 2.80. The lowest BCUT2D eigenvalue weighted by molar-refractivity contribution is -0.284. The van der Waals surface area contributed by atoms with Gasteiger partial charge < -0.3 is 167 Å². The molecule has 0 aromatic heterocycles. The molecule has 9 aliphatic rings. The highest BCUT2D eigenvalue weighted by molar-refractivity contribution is 6.32. The van der Waals surface area contributed by atoms with E-state index < -0.39 is 316 Å². The van der Waals surface area contributed by atoms with Gasteiger partial charge in [0.1, 0.15) is 156 Å². The third-order valence-corrected chi connectivity index (χ3v) is 24.2. The first kappa shape index (κ1) is 97.0. The Morgan fingerprint density at radius 1 is 0.496 bits per heavy atom. The fourth-order valence-electron chi connectivity index (χ4n) is 16.6. The Balaban J connectivity index is 1.03. The Labute approximate surface area is 766 Å². The number of carboxylic acids is 1. The van der Waals surface area contributed by atoms with Gasteiger partial charge in [0.15, 0.2) is 35.3 Å². The molecule has 25 N–H and O–H groups in total. The average Bonchev–Trinajstić information content (AvgIpc) is 0.755. The second kappa shape index (κ2) is 41.2. The summed E-state index contributed by atoms with van der Waals surface area (Å²) in [6.45, 7) is 2.03. The number of aliphatic hydroxyl groups is 10. The summed E-state index contributed by atoms with van der Waals surface area (Å²) in [6, 6.07) is 0.677. The molecule has 9 heterocycles. The zero-order valence-electron chi connectivity index (χ0n) is 71.0. The van der Waals surface area contributed by atoms with E-state index in [0.717, 1.165) is 118 Å². The maximum atomic E-state index is 17.0. The second-order valence-electron chi connectivity index (χ2n) is 33.5. The largest absolute Gasteiger partial charge is 0.508 e.